The Labute approximate surface area is 119 Å². The molecule has 88 valence electrons. The zero-order valence-electron chi connectivity index (χ0n) is 8.74. The fourth-order valence-corrected chi connectivity index (χ4v) is 2.69. The number of methoxy groups -OCH3 is 1. The lowest BCUT2D eigenvalue weighted by Gasteiger charge is -1.99. The van der Waals surface area contributed by atoms with Crippen LogP contribution in [-0.4, -0.2) is 18.1 Å². The van der Waals surface area contributed by atoms with Gasteiger partial charge in [-0.15, -0.1) is 11.3 Å². The van der Waals surface area contributed by atoms with Gasteiger partial charge in [0.05, 0.1) is 13.3 Å². The smallest absolute Gasteiger partial charge is 0.349 e. The SMILES string of the molecule is COC(=O)c1cnc(-c2ccc(Br)c(Br)c2)s1. The molecule has 0 radical (unpaired) electrons. The van der Waals surface area contributed by atoms with Crippen LogP contribution in [0, 0.1) is 0 Å². The van der Waals surface area contributed by atoms with E-state index in [-0.39, 0.29) is 5.97 Å². The second-order valence-electron chi connectivity index (χ2n) is 3.15. The second-order valence-corrected chi connectivity index (χ2v) is 5.89. The average molecular weight is 377 g/mol. The Morgan fingerprint density at radius 1 is 1.35 bits per heavy atom. The van der Waals surface area contributed by atoms with Gasteiger partial charge in [-0.1, -0.05) is 6.07 Å². The van der Waals surface area contributed by atoms with E-state index < -0.39 is 0 Å². The van der Waals surface area contributed by atoms with Gasteiger partial charge in [-0.05, 0) is 44.0 Å². The van der Waals surface area contributed by atoms with Crippen LogP contribution >= 0.6 is 43.2 Å². The maximum atomic E-state index is 11.3. The average Bonchev–Trinajstić information content (AvgIpc) is 2.81. The van der Waals surface area contributed by atoms with Gasteiger partial charge >= 0.3 is 5.97 Å². The highest BCUT2D eigenvalue weighted by molar-refractivity contribution is 9.13. The number of nitrogens with zero attached hydrogens (tertiary/aromatic N) is 1. The van der Waals surface area contributed by atoms with E-state index in [0.717, 1.165) is 19.5 Å². The summed E-state index contributed by atoms with van der Waals surface area (Å²) >= 11 is 8.15. The molecule has 2 rings (SSSR count). The third kappa shape index (κ3) is 2.75. The third-order valence-corrected chi connectivity index (χ3v) is 4.96. The molecular weight excluding hydrogens is 370 g/mol. The predicted molar refractivity (Wildman–Crippen MR) is 74.3 cm³/mol. The molecule has 0 atom stereocenters. The number of benzene rings is 1. The first kappa shape index (κ1) is 12.7. The molecule has 0 saturated carbocycles. The molecule has 0 amide bonds. The number of esters is 1. The van der Waals surface area contributed by atoms with Gasteiger partial charge in [-0.3, -0.25) is 0 Å². The number of thiazole rings is 1. The zero-order valence-corrected chi connectivity index (χ0v) is 12.7. The summed E-state index contributed by atoms with van der Waals surface area (Å²) in [4.78, 5) is 16.0. The number of hydrogen-bond donors (Lipinski definition) is 0. The molecule has 0 aliphatic rings. The summed E-state index contributed by atoms with van der Waals surface area (Å²) in [6.07, 6.45) is 1.53. The van der Waals surface area contributed by atoms with Crippen molar-refractivity contribution in [1.82, 2.24) is 4.98 Å². The first-order chi connectivity index (χ1) is 8.11. The van der Waals surface area contributed by atoms with Crippen molar-refractivity contribution in [3.8, 4) is 10.6 Å². The molecule has 6 heteroatoms. The molecule has 1 aromatic heterocycles. The molecule has 0 saturated heterocycles. The van der Waals surface area contributed by atoms with Gasteiger partial charge in [-0.2, -0.15) is 0 Å². The number of carbonyl (C=O) groups is 1. The van der Waals surface area contributed by atoms with Gasteiger partial charge < -0.3 is 4.74 Å². The Balaban J connectivity index is 2.37. The molecule has 3 nitrogen and oxygen atoms in total. The van der Waals surface area contributed by atoms with E-state index in [1.165, 1.54) is 24.6 Å². The normalized spacial score (nSPS) is 10.3. The van der Waals surface area contributed by atoms with Crippen molar-refractivity contribution in [2.75, 3.05) is 7.11 Å². The van der Waals surface area contributed by atoms with E-state index in [1.54, 1.807) is 0 Å². The summed E-state index contributed by atoms with van der Waals surface area (Å²) < 4.78 is 6.57. The number of aromatic nitrogens is 1. The minimum absolute atomic E-state index is 0.357. The number of halogens is 2. The molecule has 0 fully saturated rings. The van der Waals surface area contributed by atoms with E-state index in [0.29, 0.717) is 4.88 Å². The van der Waals surface area contributed by atoms with Gasteiger partial charge in [0.15, 0.2) is 0 Å². The Hall–Kier alpha value is -0.720. The van der Waals surface area contributed by atoms with Crippen LogP contribution in [0.2, 0.25) is 0 Å². The lowest BCUT2D eigenvalue weighted by atomic mass is 10.2. The summed E-state index contributed by atoms with van der Waals surface area (Å²) in [5.74, 6) is -0.357. The lowest BCUT2D eigenvalue weighted by Crippen LogP contribution is -1.96. The highest BCUT2D eigenvalue weighted by Crippen LogP contribution is 2.31. The van der Waals surface area contributed by atoms with Crippen LogP contribution in [-0.2, 0) is 4.74 Å². The van der Waals surface area contributed by atoms with Crippen molar-refractivity contribution < 1.29 is 9.53 Å². The fraction of sp³-hybridized carbons (Fsp3) is 0.0909. The van der Waals surface area contributed by atoms with E-state index in [9.17, 15) is 4.79 Å². The van der Waals surface area contributed by atoms with E-state index >= 15 is 0 Å². The molecule has 0 spiro atoms. The van der Waals surface area contributed by atoms with Crippen molar-refractivity contribution in [2.24, 2.45) is 0 Å². The maximum absolute atomic E-state index is 11.3. The van der Waals surface area contributed by atoms with Crippen molar-refractivity contribution in [2.45, 2.75) is 0 Å². The molecule has 0 unspecified atom stereocenters. The lowest BCUT2D eigenvalue weighted by molar-refractivity contribution is 0.0606. The standard InChI is InChI=1S/C11H7Br2NO2S/c1-16-11(15)9-5-14-10(17-9)6-2-3-7(12)8(13)4-6/h2-5H,1H3. The van der Waals surface area contributed by atoms with Crippen LogP contribution in [0.25, 0.3) is 10.6 Å². The first-order valence-corrected chi connectivity index (χ1v) is 7.01. The summed E-state index contributed by atoms with van der Waals surface area (Å²) in [5, 5.41) is 0.790. The predicted octanol–water partition coefficient (Wildman–Crippen LogP) is 4.12. The van der Waals surface area contributed by atoms with Crippen molar-refractivity contribution in [1.29, 1.82) is 0 Å². The largest absolute Gasteiger partial charge is 0.465 e. The Morgan fingerprint density at radius 2 is 2.12 bits per heavy atom. The molecule has 0 N–H and O–H groups in total. The van der Waals surface area contributed by atoms with Crippen LogP contribution in [0.3, 0.4) is 0 Å². The Kier molecular flexibility index (Phi) is 3.96. The molecular formula is C11H7Br2NO2S. The molecule has 0 aliphatic heterocycles. The summed E-state index contributed by atoms with van der Waals surface area (Å²) in [6, 6.07) is 5.82. The van der Waals surface area contributed by atoms with Gasteiger partial charge in [0.25, 0.3) is 0 Å². The fourth-order valence-electron chi connectivity index (χ4n) is 1.23. The quantitative estimate of drug-likeness (QED) is 0.740. The van der Waals surface area contributed by atoms with E-state index in [4.69, 9.17) is 0 Å². The maximum Gasteiger partial charge on any atom is 0.349 e. The zero-order chi connectivity index (χ0) is 12.4. The Morgan fingerprint density at radius 3 is 2.76 bits per heavy atom. The van der Waals surface area contributed by atoms with Crippen LogP contribution in [0.4, 0.5) is 0 Å². The molecule has 0 aliphatic carbocycles. The highest BCUT2D eigenvalue weighted by atomic mass is 79.9. The first-order valence-electron chi connectivity index (χ1n) is 4.61. The van der Waals surface area contributed by atoms with Gasteiger partial charge in [-0.25, -0.2) is 9.78 Å². The van der Waals surface area contributed by atoms with Crippen LogP contribution in [0.1, 0.15) is 9.67 Å². The van der Waals surface area contributed by atoms with Crippen molar-refractivity contribution in [3.63, 3.8) is 0 Å². The van der Waals surface area contributed by atoms with Gasteiger partial charge in [0, 0.05) is 14.5 Å². The van der Waals surface area contributed by atoms with Gasteiger partial charge in [0.2, 0.25) is 0 Å². The molecule has 1 aromatic carbocycles. The van der Waals surface area contributed by atoms with E-state index in [2.05, 4.69) is 41.6 Å². The minimum Gasteiger partial charge on any atom is -0.465 e. The number of rotatable bonds is 2. The summed E-state index contributed by atoms with van der Waals surface area (Å²) in [7, 11) is 1.36. The summed E-state index contributed by atoms with van der Waals surface area (Å²) in [5.41, 5.74) is 0.959. The monoisotopic (exact) mass is 375 g/mol. The van der Waals surface area contributed by atoms with Crippen molar-refractivity contribution in [3.05, 3.63) is 38.2 Å². The van der Waals surface area contributed by atoms with Crippen LogP contribution in [0.15, 0.2) is 33.3 Å². The van der Waals surface area contributed by atoms with Crippen molar-refractivity contribution >= 4 is 49.2 Å². The summed E-state index contributed by atoms with van der Waals surface area (Å²) in [6.45, 7) is 0. The van der Waals surface area contributed by atoms with Crippen LogP contribution in [0.5, 0.6) is 0 Å². The molecule has 1 heterocycles. The second kappa shape index (κ2) is 5.29. The third-order valence-electron chi connectivity index (χ3n) is 2.06. The molecule has 2 aromatic rings. The van der Waals surface area contributed by atoms with E-state index in [1.807, 2.05) is 18.2 Å². The van der Waals surface area contributed by atoms with Crippen LogP contribution < -0.4 is 0 Å². The topological polar surface area (TPSA) is 39.2 Å². The number of carbonyl (C=O) groups excluding carboxylic acids is 1. The Bertz CT molecular complexity index is 568. The minimum atomic E-state index is -0.357. The number of ether oxygens (including phenoxy) is 1. The van der Waals surface area contributed by atoms with Gasteiger partial charge in [0.1, 0.15) is 9.88 Å². The molecule has 17 heavy (non-hydrogen) atoms. The number of hydrogen-bond acceptors (Lipinski definition) is 4. The highest BCUT2D eigenvalue weighted by Gasteiger charge is 2.12. The molecule has 0 bridgehead atoms.